The molecule has 0 aliphatic carbocycles. The number of H-pyrrole nitrogens is 1. The molecule has 1 aromatic rings. The minimum absolute atomic E-state index is 0. The predicted octanol–water partition coefficient (Wildman–Crippen LogP) is 1.23. The third kappa shape index (κ3) is 2.56. The van der Waals surface area contributed by atoms with E-state index in [9.17, 15) is 4.79 Å². The van der Waals surface area contributed by atoms with Gasteiger partial charge in [0.05, 0.1) is 12.8 Å². The van der Waals surface area contributed by atoms with Gasteiger partial charge in [-0.05, 0) is 19.8 Å². The maximum absolute atomic E-state index is 11.4. The van der Waals surface area contributed by atoms with Crippen LogP contribution in [0, 0.1) is 6.92 Å². The van der Waals surface area contributed by atoms with Crippen molar-refractivity contribution in [2.75, 3.05) is 6.61 Å². The van der Waals surface area contributed by atoms with Crippen LogP contribution in [0.5, 0.6) is 5.75 Å². The Bertz CT molecular complexity index is 388. The lowest BCUT2D eigenvalue weighted by molar-refractivity contribution is -0.106. The van der Waals surface area contributed by atoms with Gasteiger partial charge in [-0.15, -0.1) is 0 Å². The first-order valence-corrected chi connectivity index (χ1v) is 5.10. The molecule has 1 aromatic heterocycles. The average Bonchev–Trinajstić information content (AvgIpc) is 2.24. The molecule has 1 aliphatic heterocycles. The lowest BCUT2D eigenvalue weighted by Gasteiger charge is -2.22. The number of ether oxygens (including phenoxy) is 2. The van der Waals surface area contributed by atoms with Crippen molar-refractivity contribution in [2.45, 2.75) is 32.5 Å². The number of aryl methyl sites for hydroxylation is 1. The summed E-state index contributed by atoms with van der Waals surface area (Å²) in [6.45, 7) is 2.42. The smallest absolute Gasteiger partial charge is 0.293 e. The van der Waals surface area contributed by atoms with Gasteiger partial charge in [0.15, 0.2) is 6.29 Å². The van der Waals surface area contributed by atoms with E-state index in [0.717, 1.165) is 19.3 Å². The largest absolute Gasteiger partial charge is 0.458 e. The van der Waals surface area contributed by atoms with Gasteiger partial charge in [-0.3, -0.25) is 4.79 Å². The lowest BCUT2D eigenvalue weighted by atomic mass is 10.2. The molecule has 2 rings (SSSR count). The lowest BCUT2D eigenvalue weighted by Crippen LogP contribution is -2.27. The van der Waals surface area contributed by atoms with Gasteiger partial charge in [0.25, 0.3) is 5.56 Å². The second-order valence-electron chi connectivity index (χ2n) is 3.58. The molecule has 1 fully saturated rings. The molecule has 0 bridgehead atoms. The van der Waals surface area contributed by atoms with E-state index in [1.807, 2.05) is 0 Å². The van der Waals surface area contributed by atoms with E-state index in [-0.39, 0.29) is 19.0 Å². The third-order valence-electron chi connectivity index (χ3n) is 2.29. The van der Waals surface area contributed by atoms with E-state index in [0.29, 0.717) is 12.4 Å². The molecule has 1 unspecified atom stereocenters. The Hall–Kier alpha value is -1.36. The summed E-state index contributed by atoms with van der Waals surface area (Å²) in [6.07, 6.45) is 4.09. The normalized spacial score (nSPS) is 21.3. The zero-order valence-electron chi connectivity index (χ0n) is 8.66. The molecule has 5 heteroatoms. The summed E-state index contributed by atoms with van der Waals surface area (Å²) in [5, 5.41) is 0. The molecule has 1 aliphatic rings. The molecule has 2 heterocycles. The molecule has 1 N–H and O–H groups in total. The van der Waals surface area contributed by atoms with Crippen molar-refractivity contribution < 1.29 is 10.9 Å². The van der Waals surface area contributed by atoms with Gasteiger partial charge < -0.3 is 14.5 Å². The van der Waals surface area contributed by atoms with E-state index < -0.39 is 0 Å². The van der Waals surface area contributed by atoms with Crippen LogP contribution >= 0.6 is 0 Å². The summed E-state index contributed by atoms with van der Waals surface area (Å²) >= 11 is 0. The van der Waals surface area contributed by atoms with Gasteiger partial charge in [-0.25, -0.2) is 4.98 Å². The van der Waals surface area contributed by atoms with E-state index in [1.54, 1.807) is 6.92 Å². The fourth-order valence-electron chi connectivity index (χ4n) is 1.50. The Balaban J connectivity index is 0.00000128. The number of hydrogen-bond acceptors (Lipinski definition) is 4. The minimum Gasteiger partial charge on any atom is -0.458 e. The van der Waals surface area contributed by atoms with Crippen molar-refractivity contribution in [1.82, 2.24) is 9.97 Å². The monoisotopic (exact) mass is 212 g/mol. The molecule has 0 spiro atoms. The Morgan fingerprint density at radius 2 is 2.53 bits per heavy atom. The van der Waals surface area contributed by atoms with Gasteiger partial charge in [0.1, 0.15) is 5.82 Å². The first kappa shape index (κ1) is 10.2. The van der Waals surface area contributed by atoms with Crippen LogP contribution in [-0.2, 0) is 4.74 Å². The highest BCUT2D eigenvalue weighted by atomic mass is 16.7. The second-order valence-corrected chi connectivity index (χ2v) is 3.58. The highest BCUT2D eigenvalue weighted by molar-refractivity contribution is 5.12. The number of hydrogen-bond donors (Lipinski definition) is 1. The highest BCUT2D eigenvalue weighted by Crippen LogP contribution is 2.15. The van der Waals surface area contributed by atoms with Gasteiger partial charge >= 0.3 is 0 Å². The van der Waals surface area contributed by atoms with E-state index >= 15 is 0 Å². The second kappa shape index (κ2) is 4.44. The van der Waals surface area contributed by atoms with Crippen LogP contribution in [0.15, 0.2) is 11.0 Å². The fourth-order valence-corrected chi connectivity index (χ4v) is 1.50. The number of aromatic nitrogens is 2. The fraction of sp³-hybridized carbons (Fsp3) is 0.600. The third-order valence-corrected chi connectivity index (χ3v) is 2.29. The van der Waals surface area contributed by atoms with Crippen molar-refractivity contribution in [3.05, 3.63) is 22.4 Å². The van der Waals surface area contributed by atoms with Crippen molar-refractivity contribution in [2.24, 2.45) is 0 Å². The van der Waals surface area contributed by atoms with E-state index in [1.165, 1.54) is 6.20 Å². The minimum atomic E-state index is -0.302. The van der Waals surface area contributed by atoms with Crippen molar-refractivity contribution >= 4 is 0 Å². The molecule has 0 aromatic carbocycles. The van der Waals surface area contributed by atoms with Crippen molar-refractivity contribution in [3.8, 4) is 5.75 Å². The number of nitrogens with zero attached hydrogens (tertiary/aromatic N) is 1. The zero-order chi connectivity index (χ0) is 10.7. The summed E-state index contributed by atoms with van der Waals surface area (Å²) < 4.78 is 10.8. The first-order valence-electron chi connectivity index (χ1n) is 5.10. The Morgan fingerprint density at radius 1 is 1.67 bits per heavy atom. The summed E-state index contributed by atoms with van der Waals surface area (Å²) in [6, 6.07) is 0. The van der Waals surface area contributed by atoms with E-state index in [4.69, 9.17) is 9.47 Å². The van der Waals surface area contributed by atoms with Crippen LogP contribution in [0.3, 0.4) is 0 Å². The number of aromatic amines is 1. The Kier molecular flexibility index (Phi) is 3.01. The van der Waals surface area contributed by atoms with Gasteiger partial charge in [0, 0.05) is 7.85 Å². The first-order chi connectivity index (χ1) is 7.25. The molecule has 0 radical (unpaired) electrons. The molecule has 84 valence electrons. The maximum atomic E-state index is 11.4. The summed E-state index contributed by atoms with van der Waals surface area (Å²) in [7, 11) is 0. The van der Waals surface area contributed by atoms with Crippen LogP contribution in [0.4, 0.5) is 0 Å². The summed E-state index contributed by atoms with van der Waals surface area (Å²) in [5.41, 5.74) is -0.253. The van der Waals surface area contributed by atoms with Crippen LogP contribution in [0.25, 0.3) is 0 Å². The van der Waals surface area contributed by atoms with Crippen molar-refractivity contribution in [3.63, 3.8) is 0 Å². The number of rotatable bonds is 2. The van der Waals surface area contributed by atoms with Crippen LogP contribution in [-0.4, -0.2) is 22.9 Å². The molecular formula is C10H16N2O3. The standard InChI is InChI=1S/C10H14N2O3.H2/c1-7-11-6-8(10(13)12-7)15-9-4-2-3-5-14-9;/h6,9H,2-5H2,1H3,(H,11,12,13);1H. The van der Waals surface area contributed by atoms with Crippen LogP contribution in [0.2, 0.25) is 0 Å². The topological polar surface area (TPSA) is 64.2 Å². The molecule has 5 nitrogen and oxygen atoms in total. The van der Waals surface area contributed by atoms with Crippen LogP contribution in [0.1, 0.15) is 26.5 Å². The molecular weight excluding hydrogens is 196 g/mol. The quantitative estimate of drug-likeness (QED) is 0.800. The van der Waals surface area contributed by atoms with Gasteiger partial charge in [0.2, 0.25) is 5.75 Å². The van der Waals surface area contributed by atoms with Crippen LogP contribution < -0.4 is 10.3 Å². The summed E-state index contributed by atoms with van der Waals surface area (Å²) in [5.74, 6) is 0.810. The molecule has 1 saturated heterocycles. The predicted molar refractivity (Wildman–Crippen MR) is 55.9 cm³/mol. The number of nitrogens with one attached hydrogen (secondary N) is 1. The van der Waals surface area contributed by atoms with E-state index in [2.05, 4.69) is 9.97 Å². The zero-order valence-corrected chi connectivity index (χ0v) is 8.66. The highest BCUT2D eigenvalue weighted by Gasteiger charge is 2.16. The Labute approximate surface area is 88.9 Å². The molecule has 1 atom stereocenters. The SMILES string of the molecule is Cc1ncc(OC2CCCCO2)c(=O)[nH]1.[HH]. The summed E-state index contributed by atoms with van der Waals surface area (Å²) in [4.78, 5) is 18.0. The van der Waals surface area contributed by atoms with Gasteiger partial charge in [-0.2, -0.15) is 0 Å². The molecule has 0 saturated carbocycles. The Morgan fingerprint density at radius 3 is 3.20 bits per heavy atom. The molecule has 0 amide bonds. The average molecular weight is 212 g/mol. The van der Waals surface area contributed by atoms with Gasteiger partial charge in [-0.1, -0.05) is 0 Å². The molecule has 15 heavy (non-hydrogen) atoms. The van der Waals surface area contributed by atoms with Crippen molar-refractivity contribution in [1.29, 1.82) is 0 Å². The maximum Gasteiger partial charge on any atom is 0.293 e.